The topological polar surface area (TPSA) is 82.5 Å². The van der Waals surface area contributed by atoms with Gasteiger partial charge in [-0.25, -0.2) is 4.68 Å². The van der Waals surface area contributed by atoms with Crippen LogP contribution in [0.15, 0.2) is 42.5 Å². The first-order valence-electron chi connectivity index (χ1n) is 9.06. The Morgan fingerprint density at radius 1 is 1.07 bits per heavy atom. The SMILES string of the molecule is COc1ccc(C(=O)Nc2c3c(nn2-c2ccc(C)cc2)C[S@@](=O)C3)cc1OC. The molecule has 4 rings (SSSR count). The predicted octanol–water partition coefficient (Wildman–Crippen LogP) is 3.21. The number of fused-ring (bicyclic) bond motifs is 1. The quantitative estimate of drug-likeness (QED) is 0.697. The van der Waals surface area contributed by atoms with Crippen molar-refractivity contribution in [2.75, 3.05) is 19.5 Å². The minimum atomic E-state index is -0.999. The molecule has 0 fully saturated rings. The molecule has 0 aliphatic carbocycles. The van der Waals surface area contributed by atoms with E-state index in [9.17, 15) is 9.00 Å². The number of rotatable bonds is 5. The zero-order valence-electron chi connectivity index (χ0n) is 16.4. The molecule has 2 aromatic carbocycles. The van der Waals surface area contributed by atoms with Gasteiger partial charge in [-0.15, -0.1) is 0 Å². The molecule has 0 radical (unpaired) electrons. The van der Waals surface area contributed by atoms with Gasteiger partial charge in [0.05, 0.1) is 37.1 Å². The highest BCUT2D eigenvalue weighted by Gasteiger charge is 2.28. The smallest absolute Gasteiger partial charge is 0.256 e. The van der Waals surface area contributed by atoms with Crippen molar-refractivity contribution in [2.45, 2.75) is 18.4 Å². The van der Waals surface area contributed by atoms with Gasteiger partial charge in [0, 0.05) is 21.9 Å². The lowest BCUT2D eigenvalue weighted by Gasteiger charge is -2.13. The molecule has 29 heavy (non-hydrogen) atoms. The normalized spacial score (nSPS) is 15.1. The molecule has 0 bridgehead atoms. The molecular formula is C21H21N3O4S. The van der Waals surface area contributed by atoms with Crippen molar-refractivity contribution in [2.24, 2.45) is 0 Å². The maximum atomic E-state index is 13.0. The maximum Gasteiger partial charge on any atom is 0.256 e. The molecule has 1 N–H and O–H groups in total. The highest BCUT2D eigenvalue weighted by Crippen LogP contribution is 2.32. The van der Waals surface area contributed by atoms with Crippen molar-refractivity contribution in [1.29, 1.82) is 0 Å². The van der Waals surface area contributed by atoms with E-state index in [2.05, 4.69) is 10.4 Å². The summed E-state index contributed by atoms with van der Waals surface area (Å²) in [5.74, 6) is 2.04. The van der Waals surface area contributed by atoms with Crippen molar-refractivity contribution in [1.82, 2.24) is 9.78 Å². The number of ether oxygens (including phenoxy) is 2. The van der Waals surface area contributed by atoms with Gasteiger partial charge in [-0.3, -0.25) is 9.00 Å². The minimum Gasteiger partial charge on any atom is -0.493 e. The fraction of sp³-hybridized carbons (Fsp3) is 0.238. The Balaban J connectivity index is 1.72. The third kappa shape index (κ3) is 3.63. The average Bonchev–Trinajstić information content (AvgIpc) is 3.24. The van der Waals surface area contributed by atoms with Crippen molar-refractivity contribution in [3.63, 3.8) is 0 Å². The molecular weight excluding hydrogens is 390 g/mol. The molecule has 1 aromatic heterocycles. The Labute approximate surface area is 171 Å². The number of methoxy groups -OCH3 is 2. The number of nitrogens with zero attached hydrogens (tertiary/aromatic N) is 2. The summed E-state index contributed by atoms with van der Waals surface area (Å²) in [6, 6.07) is 12.8. The van der Waals surface area contributed by atoms with Gasteiger partial charge in [-0.2, -0.15) is 5.10 Å². The first-order chi connectivity index (χ1) is 14.0. The number of aromatic nitrogens is 2. The molecule has 0 spiro atoms. The molecule has 1 amide bonds. The van der Waals surface area contributed by atoms with Crippen LogP contribution in [0.4, 0.5) is 5.82 Å². The summed E-state index contributed by atoms with van der Waals surface area (Å²) in [5, 5.41) is 7.57. The number of amides is 1. The van der Waals surface area contributed by atoms with Gasteiger partial charge in [-0.1, -0.05) is 17.7 Å². The summed E-state index contributed by atoms with van der Waals surface area (Å²) in [6.07, 6.45) is 0. The first-order valence-corrected chi connectivity index (χ1v) is 10.5. The number of carbonyl (C=O) groups excluding carboxylic acids is 1. The fourth-order valence-corrected chi connectivity index (χ4v) is 4.55. The van der Waals surface area contributed by atoms with E-state index in [4.69, 9.17) is 9.47 Å². The monoisotopic (exact) mass is 411 g/mol. The van der Waals surface area contributed by atoms with E-state index in [0.717, 1.165) is 22.5 Å². The van der Waals surface area contributed by atoms with Gasteiger partial charge in [0.1, 0.15) is 5.82 Å². The van der Waals surface area contributed by atoms with Gasteiger partial charge in [0.25, 0.3) is 5.91 Å². The van der Waals surface area contributed by atoms with E-state index in [1.165, 1.54) is 7.11 Å². The second-order valence-corrected chi connectivity index (χ2v) is 8.23. The van der Waals surface area contributed by atoms with Crippen LogP contribution in [0.1, 0.15) is 27.2 Å². The molecule has 150 valence electrons. The molecule has 7 nitrogen and oxygen atoms in total. The standard InChI is InChI=1S/C21H21N3O4S/c1-13-4-7-15(8-5-13)24-20(16-11-29(26)12-17(16)23-24)22-21(25)14-6-9-18(27-2)19(10-14)28-3/h4-10H,11-12H2,1-3H3,(H,22,25)/t29-/m0/s1. The number of hydrogen-bond donors (Lipinski definition) is 1. The van der Waals surface area contributed by atoms with E-state index in [1.807, 2.05) is 31.2 Å². The van der Waals surface area contributed by atoms with Crippen molar-refractivity contribution < 1.29 is 18.5 Å². The van der Waals surface area contributed by atoms with Crippen LogP contribution < -0.4 is 14.8 Å². The van der Waals surface area contributed by atoms with Crippen LogP contribution in [0.2, 0.25) is 0 Å². The largest absolute Gasteiger partial charge is 0.493 e. The highest BCUT2D eigenvalue weighted by molar-refractivity contribution is 7.83. The Kier molecular flexibility index (Phi) is 5.10. The zero-order valence-corrected chi connectivity index (χ0v) is 17.2. The molecule has 8 heteroatoms. The van der Waals surface area contributed by atoms with Crippen molar-refractivity contribution in [3.05, 3.63) is 64.8 Å². The first kappa shape index (κ1) is 19.2. The van der Waals surface area contributed by atoms with Crippen LogP contribution in [-0.2, 0) is 22.3 Å². The second-order valence-electron chi connectivity index (χ2n) is 6.77. The highest BCUT2D eigenvalue weighted by atomic mass is 32.2. The van der Waals surface area contributed by atoms with E-state index >= 15 is 0 Å². The zero-order chi connectivity index (χ0) is 20.5. The molecule has 0 saturated carbocycles. The summed E-state index contributed by atoms with van der Waals surface area (Å²) in [7, 11) is 2.07. The Morgan fingerprint density at radius 2 is 1.79 bits per heavy atom. The summed E-state index contributed by atoms with van der Waals surface area (Å²) < 4.78 is 24.3. The molecule has 1 aliphatic rings. The third-order valence-corrected chi connectivity index (χ3v) is 6.03. The average molecular weight is 411 g/mol. The predicted molar refractivity (Wildman–Crippen MR) is 111 cm³/mol. The van der Waals surface area contributed by atoms with E-state index in [1.54, 1.807) is 30.0 Å². The van der Waals surface area contributed by atoms with Gasteiger partial charge in [0.2, 0.25) is 0 Å². The number of hydrogen-bond acceptors (Lipinski definition) is 5. The van der Waals surface area contributed by atoms with Crippen molar-refractivity contribution in [3.8, 4) is 17.2 Å². The van der Waals surface area contributed by atoms with Gasteiger partial charge in [-0.05, 0) is 37.3 Å². The molecule has 1 atom stereocenters. The summed E-state index contributed by atoms with van der Waals surface area (Å²) in [5.41, 5.74) is 3.96. The number of anilines is 1. The lowest BCUT2D eigenvalue weighted by Crippen LogP contribution is -2.16. The lowest BCUT2D eigenvalue weighted by atomic mass is 10.1. The van der Waals surface area contributed by atoms with Crippen LogP contribution in [-0.4, -0.2) is 34.1 Å². The Hall–Kier alpha value is -3.13. The van der Waals surface area contributed by atoms with E-state index in [-0.39, 0.29) is 5.91 Å². The van der Waals surface area contributed by atoms with Crippen LogP contribution in [0, 0.1) is 6.92 Å². The Morgan fingerprint density at radius 3 is 2.48 bits per heavy atom. The summed E-state index contributed by atoms with van der Waals surface area (Å²) in [6.45, 7) is 2.01. The minimum absolute atomic E-state index is 0.306. The third-order valence-electron chi connectivity index (χ3n) is 4.83. The molecule has 1 aliphatic heterocycles. The lowest BCUT2D eigenvalue weighted by molar-refractivity contribution is 0.102. The number of aryl methyl sites for hydroxylation is 1. The summed E-state index contributed by atoms with van der Waals surface area (Å²) >= 11 is 0. The van der Waals surface area contributed by atoms with Crippen LogP contribution in [0.5, 0.6) is 11.5 Å². The van der Waals surface area contributed by atoms with Gasteiger partial charge in [0.15, 0.2) is 11.5 Å². The van der Waals surface area contributed by atoms with Gasteiger partial charge >= 0.3 is 0 Å². The maximum absolute atomic E-state index is 13.0. The Bertz CT molecular complexity index is 1110. The van der Waals surface area contributed by atoms with Crippen LogP contribution in [0.25, 0.3) is 5.69 Å². The summed E-state index contributed by atoms with van der Waals surface area (Å²) in [4.78, 5) is 13.0. The number of benzene rings is 2. The van der Waals surface area contributed by atoms with E-state index in [0.29, 0.717) is 34.4 Å². The fourth-order valence-electron chi connectivity index (χ4n) is 3.29. The van der Waals surface area contributed by atoms with Crippen LogP contribution >= 0.6 is 0 Å². The van der Waals surface area contributed by atoms with Gasteiger partial charge < -0.3 is 14.8 Å². The number of nitrogens with one attached hydrogen (secondary N) is 1. The molecule has 0 unspecified atom stereocenters. The van der Waals surface area contributed by atoms with Crippen LogP contribution in [0.3, 0.4) is 0 Å². The molecule has 3 aromatic rings. The van der Waals surface area contributed by atoms with Crippen molar-refractivity contribution >= 4 is 22.5 Å². The van der Waals surface area contributed by atoms with E-state index < -0.39 is 10.8 Å². The number of carbonyl (C=O) groups is 1. The molecule has 0 saturated heterocycles. The molecule has 2 heterocycles. The second kappa shape index (κ2) is 7.71.